The molecular formula is C10H13BrN2. The number of aromatic nitrogens is 1. The van der Waals surface area contributed by atoms with Crippen molar-refractivity contribution in [2.75, 3.05) is 11.9 Å². The minimum Gasteiger partial charge on any atom is -0.384 e. The largest absolute Gasteiger partial charge is 0.384 e. The Hall–Kier alpha value is -0.570. The van der Waals surface area contributed by atoms with E-state index >= 15 is 0 Å². The topological polar surface area (TPSA) is 24.9 Å². The summed E-state index contributed by atoms with van der Waals surface area (Å²) in [6.45, 7) is 3.15. The lowest BCUT2D eigenvalue weighted by Gasteiger charge is -2.06. The molecular weight excluding hydrogens is 228 g/mol. The lowest BCUT2D eigenvalue weighted by molar-refractivity contribution is 0.887. The van der Waals surface area contributed by atoms with Gasteiger partial charge in [-0.25, -0.2) is 4.98 Å². The highest BCUT2D eigenvalue weighted by Gasteiger charge is 2.20. The normalized spacial score (nSPS) is 15.8. The van der Waals surface area contributed by atoms with Crippen LogP contribution in [-0.2, 0) is 0 Å². The van der Waals surface area contributed by atoms with Gasteiger partial charge in [0, 0.05) is 6.54 Å². The molecule has 1 aromatic heterocycles. The molecule has 1 heterocycles. The summed E-state index contributed by atoms with van der Waals surface area (Å²) in [6.07, 6.45) is 4.64. The number of nitrogens with one attached hydrogen (secondary N) is 1. The zero-order valence-electron chi connectivity index (χ0n) is 7.68. The maximum atomic E-state index is 4.23. The highest BCUT2D eigenvalue weighted by atomic mass is 79.9. The van der Waals surface area contributed by atoms with Gasteiger partial charge in [-0.05, 0) is 53.2 Å². The Morgan fingerprint density at radius 3 is 3.00 bits per heavy atom. The predicted molar refractivity (Wildman–Crippen MR) is 57.9 cm³/mol. The van der Waals surface area contributed by atoms with Gasteiger partial charge in [0.1, 0.15) is 4.60 Å². The van der Waals surface area contributed by atoms with E-state index in [-0.39, 0.29) is 0 Å². The third-order valence-corrected chi connectivity index (χ3v) is 3.14. The van der Waals surface area contributed by atoms with E-state index in [2.05, 4.69) is 39.2 Å². The monoisotopic (exact) mass is 240 g/mol. The molecule has 0 spiro atoms. The number of hydrogen-bond acceptors (Lipinski definition) is 2. The Balaban J connectivity index is 1.98. The van der Waals surface area contributed by atoms with Crippen LogP contribution in [0.3, 0.4) is 0 Å². The van der Waals surface area contributed by atoms with Crippen molar-refractivity contribution >= 4 is 21.6 Å². The molecule has 1 fully saturated rings. The van der Waals surface area contributed by atoms with Crippen LogP contribution in [0.5, 0.6) is 0 Å². The van der Waals surface area contributed by atoms with Gasteiger partial charge in [-0.15, -0.1) is 0 Å². The number of pyridine rings is 1. The lowest BCUT2D eigenvalue weighted by atomic mass is 10.3. The van der Waals surface area contributed by atoms with E-state index in [9.17, 15) is 0 Å². The SMILES string of the molecule is Cc1cc(NCC2CC2)cnc1Br. The number of aryl methyl sites for hydroxylation is 1. The van der Waals surface area contributed by atoms with Crippen molar-refractivity contribution in [3.63, 3.8) is 0 Å². The highest BCUT2D eigenvalue weighted by molar-refractivity contribution is 9.10. The Morgan fingerprint density at radius 2 is 2.38 bits per heavy atom. The summed E-state index contributed by atoms with van der Waals surface area (Å²) in [4.78, 5) is 4.23. The van der Waals surface area contributed by atoms with Crippen LogP contribution in [0.1, 0.15) is 18.4 Å². The van der Waals surface area contributed by atoms with Crippen LogP contribution in [0.25, 0.3) is 0 Å². The molecule has 0 aromatic carbocycles. The Bertz CT molecular complexity index is 308. The van der Waals surface area contributed by atoms with Crippen molar-refractivity contribution in [3.05, 3.63) is 22.4 Å². The Kier molecular flexibility index (Phi) is 2.54. The van der Waals surface area contributed by atoms with E-state index in [0.29, 0.717) is 0 Å². The average molecular weight is 241 g/mol. The number of halogens is 1. The average Bonchev–Trinajstić information content (AvgIpc) is 2.91. The van der Waals surface area contributed by atoms with Crippen molar-refractivity contribution in [3.8, 4) is 0 Å². The second-order valence-corrected chi connectivity index (χ2v) is 4.41. The third-order valence-electron chi connectivity index (χ3n) is 2.31. The zero-order chi connectivity index (χ0) is 9.26. The Labute approximate surface area is 86.9 Å². The molecule has 0 radical (unpaired) electrons. The summed E-state index contributed by atoms with van der Waals surface area (Å²) >= 11 is 3.38. The van der Waals surface area contributed by atoms with E-state index in [0.717, 1.165) is 22.8 Å². The van der Waals surface area contributed by atoms with E-state index in [4.69, 9.17) is 0 Å². The van der Waals surface area contributed by atoms with Crippen molar-refractivity contribution in [1.29, 1.82) is 0 Å². The minimum atomic E-state index is 0.906. The molecule has 3 heteroatoms. The van der Waals surface area contributed by atoms with Gasteiger partial charge >= 0.3 is 0 Å². The highest BCUT2D eigenvalue weighted by Crippen LogP contribution is 2.29. The number of hydrogen-bond donors (Lipinski definition) is 1. The first-order chi connectivity index (χ1) is 6.25. The van der Waals surface area contributed by atoms with Crippen molar-refractivity contribution in [2.45, 2.75) is 19.8 Å². The molecule has 13 heavy (non-hydrogen) atoms. The molecule has 1 N–H and O–H groups in total. The van der Waals surface area contributed by atoms with Crippen LogP contribution >= 0.6 is 15.9 Å². The first-order valence-corrected chi connectivity index (χ1v) is 5.41. The fourth-order valence-corrected chi connectivity index (χ4v) is 1.46. The smallest absolute Gasteiger partial charge is 0.109 e. The van der Waals surface area contributed by atoms with Gasteiger partial charge in [0.2, 0.25) is 0 Å². The standard InChI is InChI=1S/C10H13BrN2/c1-7-4-9(6-13-10(7)11)12-5-8-2-3-8/h4,6,8,12H,2-3,5H2,1H3. The first-order valence-electron chi connectivity index (χ1n) is 4.62. The fourth-order valence-electron chi connectivity index (χ4n) is 1.24. The number of anilines is 1. The van der Waals surface area contributed by atoms with E-state index < -0.39 is 0 Å². The first kappa shape index (κ1) is 9.00. The van der Waals surface area contributed by atoms with Crippen molar-refractivity contribution in [1.82, 2.24) is 4.98 Å². The summed E-state index contributed by atoms with van der Waals surface area (Å²) in [5.74, 6) is 0.906. The molecule has 1 aromatic rings. The van der Waals surface area contributed by atoms with Gasteiger partial charge in [0.05, 0.1) is 11.9 Å². The lowest BCUT2D eigenvalue weighted by Crippen LogP contribution is -2.03. The molecule has 0 bridgehead atoms. The maximum Gasteiger partial charge on any atom is 0.109 e. The third kappa shape index (κ3) is 2.44. The summed E-state index contributed by atoms with van der Waals surface area (Å²) in [5, 5.41) is 3.39. The van der Waals surface area contributed by atoms with E-state index in [1.807, 2.05) is 6.20 Å². The molecule has 0 saturated heterocycles. The van der Waals surface area contributed by atoms with Crippen molar-refractivity contribution in [2.24, 2.45) is 5.92 Å². The predicted octanol–water partition coefficient (Wildman–Crippen LogP) is 2.97. The quantitative estimate of drug-likeness (QED) is 0.823. The Morgan fingerprint density at radius 1 is 1.62 bits per heavy atom. The second kappa shape index (κ2) is 3.66. The molecule has 70 valence electrons. The molecule has 2 nitrogen and oxygen atoms in total. The van der Waals surface area contributed by atoms with Crippen LogP contribution in [-0.4, -0.2) is 11.5 Å². The summed E-state index contributed by atoms with van der Waals surface area (Å²) in [5.41, 5.74) is 2.31. The second-order valence-electron chi connectivity index (χ2n) is 3.66. The molecule has 1 aliphatic carbocycles. The zero-order valence-corrected chi connectivity index (χ0v) is 9.26. The fraction of sp³-hybridized carbons (Fsp3) is 0.500. The number of rotatable bonds is 3. The molecule has 0 amide bonds. The van der Waals surface area contributed by atoms with Crippen LogP contribution in [0, 0.1) is 12.8 Å². The molecule has 1 saturated carbocycles. The van der Waals surface area contributed by atoms with Crippen LogP contribution < -0.4 is 5.32 Å². The van der Waals surface area contributed by atoms with Gasteiger partial charge in [0.15, 0.2) is 0 Å². The number of nitrogens with zero attached hydrogens (tertiary/aromatic N) is 1. The maximum absolute atomic E-state index is 4.23. The van der Waals surface area contributed by atoms with Gasteiger partial charge in [-0.3, -0.25) is 0 Å². The summed E-state index contributed by atoms with van der Waals surface area (Å²) in [6, 6.07) is 2.12. The molecule has 1 aliphatic rings. The van der Waals surface area contributed by atoms with Gasteiger partial charge in [0.25, 0.3) is 0 Å². The summed E-state index contributed by atoms with van der Waals surface area (Å²) < 4.78 is 0.935. The molecule has 0 unspecified atom stereocenters. The van der Waals surface area contributed by atoms with Crippen LogP contribution in [0.2, 0.25) is 0 Å². The minimum absolute atomic E-state index is 0.906. The van der Waals surface area contributed by atoms with Crippen LogP contribution in [0.4, 0.5) is 5.69 Å². The van der Waals surface area contributed by atoms with E-state index in [1.165, 1.54) is 18.4 Å². The molecule has 2 rings (SSSR count). The van der Waals surface area contributed by atoms with E-state index in [1.54, 1.807) is 0 Å². The van der Waals surface area contributed by atoms with Gasteiger partial charge < -0.3 is 5.32 Å². The van der Waals surface area contributed by atoms with Gasteiger partial charge in [-0.2, -0.15) is 0 Å². The summed E-state index contributed by atoms with van der Waals surface area (Å²) in [7, 11) is 0. The molecule has 0 atom stereocenters. The van der Waals surface area contributed by atoms with Crippen LogP contribution in [0.15, 0.2) is 16.9 Å². The van der Waals surface area contributed by atoms with Gasteiger partial charge in [-0.1, -0.05) is 0 Å². The molecule has 0 aliphatic heterocycles. The van der Waals surface area contributed by atoms with Crippen molar-refractivity contribution < 1.29 is 0 Å².